The molecule has 1 N–H and O–H groups in total. The van der Waals surface area contributed by atoms with Crippen LogP contribution >= 0.6 is 0 Å². The van der Waals surface area contributed by atoms with Crippen molar-refractivity contribution in [1.82, 2.24) is 10.2 Å². The second-order valence-electron chi connectivity index (χ2n) is 9.76. The van der Waals surface area contributed by atoms with Crippen molar-refractivity contribution in [2.75, 3.05) is 13.6 Å². The van der Waals surface area contributed by atoms with Gasteiger partial charge in [-0.1, -0.05) is 24.3 Å². The van der Waals surface area contributed by atoms with Crippen LogP contribution in [0.15, 0.2) is 53.7 Å². The Labute approximate surface area is 210 Å². The summed E-state index contributed by atoms with van der Waals surface area (Å²) in [7, 11) is 1.63. The molecule has 1 aliphatic heterocycles. The first-order valence-corrected chi connectivity index (χ1v) is 12.5. The SMILES string of the molecule is CC1=C(C(=O)CCNC2CCC(c3ccccc3C#N)CC2)[C@@H](c2ccc(F)c(F)c2)CC(=O)N1C. The fourth-order valence-electron chi connectivity index (χ4n) is 5.53. The van der Waals surface area contributed by atoms with E-state index in [1.165, 1.54) is 11.0 Å². The molecule has 1 amide bonds. The molecule has 0 aromatic heterocycles. The van der Waals surface area contributed by atoms with E-state index in [4.69, 9.17) is 0 Å². The van der Waals surface area contributed by atoms with Crippen LogP contribution in [0.1, 0.15) is 74.0 Å². The number of nitrogens with one attached hydrogen (secondary N) is 1. The third-order valence-corrected chi connectivity index (χ3v) is 7.67. The molecule has 1 heterocycles. The first-order chi connectivity index (χ1) is 17.3. The number of nitrogens with zero attached hydrogens (tertiary/aromatic N) is 2. The zero-order valence-corrected chi connectivity index (χ0v) is 20.7. The Hall–Kier alpha value is -3.37. The lowest BCUT2D eigenvalue weighted by Gasteiger charge is -2.33. The van der Waals surface area contributed by atoms with Crippen LogP contribution in [-0.2, 0) is 9.59 Å². The van der Waals surface area contributed by atoms with Gasteiger partial charge in [0.15, 0.2) is 17.4 Å². The summed E-state index contributed by atoms with van der Waals surface area (Å²) in [5.74, 6) is -2.41. The summed E-state index contributed by atoms with van der Waals surface area (Å²) in [4.78, 5) is 27.3. The van der Waals surface area contributed by atoms with Crippen LogP contribution in [0.5, 0.6) is 0 Å². The predicted octanol–water partition coefficient (Wildman–Crippen LogP) is 5.33. The molecule has 5 nitrogen and oxygen atoms in total. The van der Waals surface area contributed by atoms with Crippen LogP contribution in [0.4, 0.5) is 8.78 Å². The Morgan fingerprint density at radius 3 is 2.53 bits per heavy atom. The Morgan fingerprint density at radius 2 is 1.83 bits per heavy atom. The van der Waals surface area contributed by atoms with Crippen molar-refractivity contribution in [3.63, 3.8) is 0 Å². The molecule has 0 radical (unpaired) electrons. The van der Waals surface area contributed by atoms with Crippen LogP contribution in [0, 0.1) is 23.0 Å². The van der Waals surface area contributed by atoms with Crippen molar-refractivity contribution in [2.45, 2.75) is 63.3 Å². The molecule has 0 unspecified atom stereocenters. The van der Waals surface area contributed by atoms with E-state index in [1.54, 1.807) is 14.0 Å². The zero-order valence-electron chi connectivity index (χ0n) is 20.7. The van der Waals surface area contributed by atoms with Gasteiger partial charge < -0.3 is 10.2 Å². The van der Waals surface area contributed by atoms with Crippen molar-refractivity contribution in [3.05, 3.63) is 82.1 Å². The van der Waals surface area contributed by atoms with E-state index in [1.807, 2.05) is 24.3 Å². The standard InChI is InChI=1S/C29H31F2N3O2/c1-18-29(24(16-28(36)34(18)2)20-9-12-25(30)26(31)15-20)27(35)13-14-33-22-10-7-19(8-11-22)23-6-4-3-5-21(23)17-32/h3-6,9,12,15,19,22,24,33H,7-8,10-11,13-14,16H2,1-2H3/t19?,22?,24-/m1/s1. The van der Waals surface area contributed by atoms with Crippen LogP contribution in [0.3, 0.4) is 0 Å². The van der Waals surface area contributed by atoms with Crippen LogP contribution in [0.25, 0.3) is 0 Å². The molecule has 36 heavy (non-hydrogen) atoms. The lowest BCUT2D eigenvalue weighted by molar-refractivity contribution is -0.129. The van der Waals surface area contributed by atoms with Gasteiger partial charge in [0.05, 0.1) is 11.6 Å². The summed E-state index contributed by atoms with van der Waals surface area (Å²) in [5, 5.41) is 12.9. The first-order valence-electron chi connectivity index (χ1n) is 12.5. The van der Waals surface area contributed by atoms with Gasteiger partial charge in [0.1, 0.15) is 0 Å². The highest BCUT2D eigenvalue weighted by molar-refractivity contribution is 6.00. The molecule has 2 aliphatic rings. The Balaban J connectivity index is 1.37. The van der Waals surface area contributed by atoms with E-state index >= 15 is 0 Å². The van der Waals surface area contributed by atoms with Crippen LogP contribution in [-0.4, -0.2) is 36.2 Å². The third-order valence-electron chi connectivity index (χ3n) is 7.67. The molecule has 188 valence electrons. The Morgan fingerprint density at radius 1 is 1.11 bits per heavy atom. The maximum atomic E-state index is 13.9. The van der Waals surface area contributed by atoms with Gasteiger partial charge in [0.25, 0.3) is 0 Å². The maximum Gasteiger partial charge on any atom is 0.227 e. The smallest absolute Gasteiger partial charge is 0.227 e. The number of hydrogen-bond donors (Lipinski definition) is 1. The molecule has 4 rings (SSSR count). The van der Waals surface area contributed by atoms with Crippen LogP contribution < -0.4 is 5.32 Å². The number of carbonyl (C=O) groups is 2. The highest BCUT2D eigenvalue weighted by atomic mass is 19.2. The van der Waals surface area contributed by atoms with Gasteiger partial charge in [0, 0.05) is 49.7 Å². The van der Waals surface area contributed by atoms with Gasteiger partial charge in [-0.05, 0) is 67.9 Å². The summed E-state index contributed by atoms with van der Waals surface area (Å²) in [6.07, 6.45) is 4.21. The molecule has 0 bridgehead atoms. The van der Waals surface area contributed by atoms with E-state index in [2.05, 4.69) is 11.4 Å². The van der Waals surface area contributed by atoms with Gasteiger partial charge >= 0.3 is 0 Å². The van der Waals surface area contributed by atoms with Gasteiger partial charge in [0.2, 0.25) is 5.91 Å². The molecular weight excluding hydrogens is 460 g/mol. The maximum absolute atomic E-state index is 13.9. The van der Waals surface area contributed by atoms with Crippen molar-refractivity contribution in [1.29, 1.82) is 5.26 Å². The normalized spacial score (nSPS) is 22.5. The molecule has 1 atom stereocenters. The number of amides is 1. The van der Waals surface area contributed by atoms with Crippen LogP contribution in [0.2, 0.25) is 0 Å². The van der Waals surface area contributed by atoms with E-state index < -0.39 is 17.6 Å². The number of Topliss-reactive ketones (excluding diaryl/α,β-unsaturated/α-hetero) is 1. The molecule has 1 saturated carbocycles. The monoisotopic (exact) mass is 491 g/mol. The molecule has 0 saturated heterocycles. The highest BCUT2D eigenvalue weighted by Gasteiger charge is 2.34. The van der Waals surface area contributed by atoms with E-state index in [9.17, 15) is 23.6 Å². The number of ketones is 1. The summed E-state index contributed by atoms with van der Waals surface area (Å²) >= 11 is 0. The van der Waals surface area contributed by atoms with E-state index in [-0.39, 0.29) is 24.5 Å². The number of carbonyl (C=O) groups excluding carboxylic acids is 2. The molecule has 2 aromatic carbocycles. The minimum Gasteiger partial charge on any atom is -0.319 e. The van der Waals surface area contributed by atoms with Crippen molar-refractivity contribution in [3.8, 4) is 6.07 Å². The van der Waals surface area contributed by atoms with Gasteiger partial charge in [-0.25, -0.2) is 8.78 Å². The van der Waals surface area contributed by atoms with E-state index in [0.29, 0.717) is 35.3 Å². The number of rotatable bonds is 7. The molecular formula is C29H31F2N3O2. The minimum absolute atomic E-state index is 0.0433. The largest absolute Gasteiger partial charge is 0.319 e. The number of nitriles is 1. The summed E-state index contributed by atoms with van der Waals surface area (Å²) in [6.45, 7) is 2.23. The van der Waals surface area contributed by atoms with Gasteiger partial charge in [-0.15, -0.1) is 0 Å². The minimum atomic E-state index is -0.988. The summed E-state index contributed by atoms with van der Waals surface area (Å²) in [5.41, 5.74) is 3.34. The summed E-state index contributed by atoms with van der Waals surface area (Å²) in [6, 6.07) is 13.9. The Bertz CT molecular complexity index is 1230. The molecule has 1 fully saturated rings. The molecule has 0 spiro atoms. The van der Waals surface area contributed by atoms with Gasteiger partial charge in [-0.3, -0.25) is 9.59 Å². The third kappa shape index (κ3) is 5.39. The summed E-state index contributed by atoms with van der Waals surface area (Å²) < 4.78 is 27.4. The number of halogens is 2. The topological polar surface area (TPSA) is 73.2 Å². The lowest BCUT2D eigenvalue weighted by atomic mass is 9.80. The second-order valence-corrected chi connectivity index (χ2v) is 9.76. The molecule has 2 aromatic rings. The fourth-order valence-corrected chi connectivity index (χ4v) is 5.53. The highest BCUT2D eigenvalue weighted by Crippen LogP contribution is 2.37. The van der Waals surface area contributed by atoms with Crippen molar-refractivity contribution < 1.29 is 18.4 Å². The number of hydrogen-bond acceptors (Lipinski definition) is 4. The Kier molecular flexibility index (Phi) is 7.95. The first kappa shape index (κ1) is 25.7. The average molecular weight is 492 g/mol. The number of benzene rings is 2. The van der Waals surface area contributed by atoms with Gasteiger partial charge in [-0.2, -0.15) is 5.26 Å². The van der Waals surface area contributed by atoms with E-state index in [0.717, 1.165) is 48.9 Å². The second kappa shape index (κ2) is 11.1. The quantitative estimate of drug-likeness (QED) is 0.568. The van der Waals surface area contributed by atoms with Crippen molar-refractivity contribution in [2.24, 2.45) is 0 Å². The molecule has 7 heteroatoms. The molecule has 1 aliphatic carbocycles. The fraction of sp³-hybridized carbons (Fsp3) is 0.414. The van der Waals surface area contributed by atoms with Crippen molar-refractivity contribution >= 4 is 11.7 Å². The predicted molar refractivity (Wildman–Crippen MR) is 133 cm³/mol. The zero-order chi connectivity index (χ0) is 25.8. The average Bonchev–Trinajstić information content (AvgIpc) is 2.89. The lowest BCUT2D eigenvalue weighted by Crippen LogP contribution is -2.37. The number of allylic oxidation sites excluding steroid dienone is 2.